The molecule has 2 unspecified atom stereocenters. The van der Waals surface area contributed by atoms with E-state index in [-0.39, 0.29) is 29.3 Å². The van der Waals surface area contributed by atoms with Crippen molar-refractivity contribution >= 4 is 5.69 Å². The van der Waals surface area contributed by atoms with E-state index in [1.807, 2.05) is 7.05 Å². The Kier molecular flexibility index (Phi) is 4.79. The van der Waals surface area contributed by atoms with Gasteiger partial charge in [0.25, 0.3) is 0 Å². The van der Waals surface area contributed by atoms with Crippen LogP contribution in [0.25, 0.3) is 0 Å². The molecule has 0 bridgehead atoms. The third-order valence-corrected chi connectivity index (χ3v) is 3.72. The summed E-state index contributed by atoms with van der Waals surface area (Å²) in [5.74, 6) is 0.505. The van der Waals surface area contributed by atoms with Crippen molar-refractivity contribution in [2.75, 3.05) is 14.2 Å². The number of para-hydroxylation sites is 1. The zero-order valence-electron chi connectivity index (χ0n) is 11.8. The first kappa shape index (κ1) is 14.6. The molecule has 1 saturated carbocycles. The van der Waals surface area contributed by atoms with Gasteiger partial charge in [-0.05, 0) is 38.4 Å². The zero-order valence-corrected chi connectivity index (χ0v) is 11.8. The largest absolute Gasteiger partial charge is 0.490 e. The minimum atomic E-state index is -0.453. The summed E-state index contributed by atoms with van der Waals surface area (Å²) >= 11 is 0. The van der Waals surface area contributed by atoms with E-state index in [9.17, 15) is 10.1 Å². The van der Waals surface area contributed by atoms with E-state index >= 15 is 0 Å². The minimum absolute atomic E-state index is 0.0421. The molecule has 1 aliphatic carbocycles. The lowest BCUT2D eigenvalue weighted by Crippen LogP contribution is -2.43. The lowest BCUT2D eigenvalue weighted by atomic mass is 9.92. The lowest BCUT2D eigenvalue weighted by Gasteiger charge is -2.31. The van der Waals surface area contributed by atoms with E-state index in [4.69, 9.17) is 9.47 Å². The SMILES string of the molecule is CNC1CCCCC1Oc1cccc(OC)c1[N+](=O)[O-]. The molecule has 1 fully saturated rings. The number of rotatable bonds is 5. The van der Waals surface area contributed by atoms with Gasteiger partial charge in [-0.2, -0.15) is 0 Å². The van der Waals surface area contributed by atoms with Gasteiger partial charge in [0.1, 0.15) is 6.10 Å². The second-order valence-electron chi connectivity index (χ2n) is 4.90. The molecule has 0 aliphatic heterocycles. The van der Waals surface area contributed by atoms with Crippen molar-refractivity contribution in [2.24, 2.45) is 0 Å². The van der Waals surface area contributed by atoms with Gasteiger partial charge in [0.2, 0.25) is 11.5 Å². The van der Waals surface area contributed by atoms with Gasteiger partial charge in [-0.15, -0.1) is 0 Å². The average Bonchev–Trinajstić information content (AvgIpc) is 2.47. The van der Waals surface area contributed by atoms with Crippen LogP contribution in [0.4, 0.5) is 5.69 Å². The Morgan fingerprint density at radius 2 is 2.00 bits per heavy atom. The van der Waals surface area contributed by atoms with Crippen LogP contribution in [0, 0.1) is 10.1 Å². The van der Waals surface area contributed by atoms with Crippen LogP contribution < -0.4 is 14.8 Å². The van der Waals surface area contributed by atoms with Gasteiger partial charge in [0.05, 0.1) is 12.0 Å². The van der Waals surface area contributed by atoms with Crippen molar-refractivity contribution in [3.63, 3.8) is 0 Å². The first-order valence-electron chi connectivity index (χ1n) is 6.82. The molecule has 0 spiro atoms. The first-order chi connectivity index (χ1) is 9.67. The van der Waals surface area contributed by atoms with Crippen LogP contribution in [-0.4, -0.2) is 31.2 Å². The number of hydrogen-bond donors (Lipinski definition) is 1. The number of nitro groups is 1. The summed E-state index contributed by atoms with van der Waals surface area (Å²) in [6, 6.07) is 5.14. The number of ether oxygens (including phenoxy) is 2. The standard InChI is InChI=1S/C14H20N2O4/c1-15-10-6-3-4-7-11(10)20-13-9-5-8-12(19-2)14(13)16(17)18/h5,8-11,15H,3-4,6-7H2,1-2H3. The van der Waals surface area contributed by atoms with Crippen molar-refractivity contribution in [1.29, 1.82) is 0 Å². The van der Waals surface area contributed by atoms with Crippen LogP contribution in [0.15, 0.2) is 18.2 Å². The van der Waals surface area contributed by atoms with Gasteiger partial charge in [0, 0.05) is 6.04 Å². The fraction of sp³-hybridized carbons (Fsp3) is 0.571. The summed E-state index contributed by atoms with van der Waals surface area (Å²) in [5, 5.41) is 14.4. The molecule has 0 radical (unpaired) electrons. The van der Waals surface area contributed by atoms with Gasteiger partial charge in [-0.3, -0.25) is 10.1 Å². The van der Waals surface area contributed by atoms with E-state index in [0.29, 0.717) is 0 Å². The lowest BCUT2D eigenvalue weighted by molar-refractivity contribution is -0.387. The fourth-order valence-electron chi connectivity index (χ4n) is 2.67. The molecule has 0 amide bonds. The van der Waals surface area contributed by atoms with Gasteiger partial charge < -0.3 is 14.8 Å². The Labute approximate surface area is 118 Å². The summed E-state index contributed by atoms with van der Waals surface area (Å²) in [5.41, 5.74) is -0.101. The smallest absolute Gasteiger partial charge is 0.352 e. The van der Waals surface area contributed by atoms with E-state index in [2.05, 4.69) is 5.32 Å². The molecular weight excluding hydrogens is 260 g/mol. The Morgan fingerprint density at radius 3 is 2.65 bits per heavy atom. The molecule has 6 nitrogen and oxygen atoms in total. The first-order valence-corrected chi connectivity index (χ1v) is 6.82. The third-order valence-electron chi connectivity index (χ3n) is 3.72. The summed E-state index contributed by atoms with van der Waals surface area (Å²) in [4.78, 5) is 10.8. The summed E-state index contributed by atoms with van der Waals surface area (Å²) in [6.45, 7) is 0. The average molecular weight is 280 g/mol. The van der Waals surface area contributed by atoms with E-state index < -0.39 is 4.92 Å². The molecule has 0 aromatic heterocycles. The van der Waals surface area contributed by atoms with Crippen LogP contribution in [0.1, 0.15) is 25.7 Å². The normalized spacial score (nSPS) is 22.3. The monoisotopic (exact) mass is 280 g/mol. The molecule has 0 saturated heterocycles. The number of likely N-dealkylation sites (N-methyl/N-ethyl adjacent to an activating group) is 1. The van der Waals surface area contributed by atoms with Crippen LogP contribution >= 0.6 is 0 Å². The predicted molar refractivity (Wildman–Crippen MR) is 75.4 cm³/mol. The highest BCUT2D eigenvalue weighted by Crippen LogP contribution is 2.38. The fourth-order valence-corrected chi connectivity index (χ4v) is 2.67. The van der Waals surface area contributed by atoms with Crippen molar-refractivity contribution < 1.29 is 14.4 Å². The topological polar surface area (TPSA) is 73.6 Å². The van der Waals surface area contributed by atoms with Gasteiger partial charge in [-0.25, -0.2) is 0 Å². The maximum atomic E-state index is 11.2. The molecule has 20 heavy (non-hydrogen) atoms. The van der Waals surface area contributed by atoms with Crippen molar-refractivity contribution in [1.82, 2.24) is 5.32 Å². The Bertz CT molecular complexity index is 478. The van der Waals surface area contributed by atoms with Gasteiger partial charge >= 0.3 is 5.69 Å². The Balaban J connectivity index is 2.26. The van der Waals surface area contributed by atoms with Crippen LogP contribution in [0.5, 0.6) is 11.5 Å². The van der Waals surface area contributed by atoms with Crippen LogP contribution in [0.2, 0.25) is 0 Å². The number of nitro benzene ring substituents is 1. The molecule has 110 valence electrons. The summed E-state index contributed by atoms with van der Waals surface area (Å²) in [7, 11) is 3.31. The Hall–Kier alpha value is -1.82. The van der Waals surface area contributed by atoms with Crippen molar-refractivity contribution in [2.45, 2.75) is 37.8 Å². The van der Waals surface area contributed by atoms with Gasteiger partial charge in [-0.1, -0.05) is 12.5 Å². The highest BCUT2D eigenvalue weighted by molar-refractivity contribution is 5.57. The number of nitrogens with one attached hydrogen (secondary N) is 1. The van der Waals surface area contributed by atoms with E-state index in [0.717, 1.165) is 25.7 Å². The summed E-state index contributed by atoms with van der Waals surface area (Å²) < 4.78 is 11.0. The van der Waals surface area contributed by atoms with E-state index in [1.54, 1.807) is 18.2 Å². The van der Waals surface area contributed by atoms with Crippen molar-refractivity contribution in [3.05, 3.63) is 28.3 Å². The third kappa shape index (κ3) is 3.01. The molecule has 1 aromatic carbocycles. The highest BCUT2D eigenvalue weighted by Gasteiger charge is 2.29. The molecule has 0 heterocycles. The molecule has 1 aromatic rings. The number of methoxy groups -OCH3 is 1. The zero-order chi connectivity index (χ0) is 14.5. The quantitative estimate of drug-likeness (QED) is 0.662. The van der Waals surface area contributed by atoms with Crippen molar-refractivity contribution in [3.8, 4) is 11.5 Å². The minimum Gasteiger partial charge on any atom is -0.490 e. The van der Waals surface area contributed by atoms with Gasteiger partial charge in [0.15, 0.2) is 0 Å². The van der Waals surface area contributed by atoms with Crippen LogP contribution in [-0.2, 0) is 0 Å². The maximum Gasteiger partial charge on any atom is 0.352 e. The molecule has 2 atom stereocenters. The predicted octanol–water partition coefficient (Wildman–Crippen LogP) is 2.51. The highest BCUT2D eigenvalue weighted by atomic mass is 16.6. The molecule has 2 rings (SSSR count). The van der Waals surface area contributed by atoms with E-state index in [1.165, 1.54) is 7.11 Å². The Morgan fingerprint density at radius 1 is 1.30 bits per heavy atom. The molecule has 6 heteroatoms. The molecule has 1 N–H and O–H groups in total. The second kappa shape index (κ2) is 6.56. The second-order valence-corrected chi connectivity index (χ2v) is 4.90. The maximum absolute atomic E-state index is 11.2. The molecular formula is C14H20N2O4. The molecule has 1 aliphatic rings. The number of hydrogen-bond acceptors (Lipinski definition) is 5. The number of nitrogens with zero attached hydrogens (tertiary/aromatic N) is 1. The summed E-state index contributed by atoms with van der Waals surface area (Å²) in [6.07, 6.45) is 4.13. The van der Waals surface area contributed by atoms with Crippen LogP contribution in [0.3, 0.4) is 0 Å². The number of benzene rings is 1.